The highest BCUT2D eigenvalue weighted by atomic mass is 79.9. The number of nitrogens with zero attached hydrogens (tertiary/aromatic N) is 2. The Morgan fingerprint density at radius 1 is 1.64 bits per heavy atom. The molecule has 0 amide bonds. The van der Waals surface area contributed by atoms with Crippen LogP contribution in [0.4, 0.5) is 4.39 Å². The second-order valence-electron chi connectivity index (χ2n) is 2.86. The van der Waals surface area contributed by atoms with Crippen molar-refractivity contribution in [3.63, 3.8) is 0 Å². The van der Waals surface area contributed by atoms with Gasteiger partial charge in [-0.15, -0.1) is 0 Å². The molecule has 60 valence electrons. The van der Waals surface area contributed by atoms with Crippen LogP contribution in [0.5, 0.6) is 0 Å². The van der Waals surface area contributed by atoms with Gasteiger partial charge in [-0.1, -0.05) is 0 Å². The van der Waals surface area contributed by atoms with E-state index in [9.17, 15) is 4.39 Å². The van der Waals surface area contributed by atoms with Crippen molar-refractivity contribution < 1.29 is 4.39 Å². The van der Waals surface area contributed by atoms with E-state index in [2.05, 4.69) is 21.1 Å². The Morgan fingerprint density at radius 3 is 2.91 bits per heavy atom. The van der Waals surface area contributed by atoms with Crippen molar-refractivity contribution in [3.8, 4) is 0 Å². The minimum absolute atomic E-state index is 0.189. The Balaban J connectivity index is 2.16. The van der Waals surface area contributed by atoms with Crippen LogP contribution in [0.25, 0.3) is 0 Å². The predicted molar refractivity (Wildman–Crippen MR) is 45.0 cm³/mol. The molecule has 0 bridgehead atoms. The summed E-state index contributed by atoms with van der Waals surface area (Å²) in [5.41, 5.74) is 0. The smallest absolute Gasteiger partial charge is 0.139 e. The second-order valence-corrected chi connectivity index (χ2v) is 3.71. The summed E-state index contributed by atoms with van der Waals surface area (Å²) >= 11 is 3.26. The normalized spacial score (nSPS) is 24.7. The molecule has 0 atom stereocenters. The molecule has 11 heavy (non-hydrogen) atoms. The number of hydrogen-bond donors (Lipinski definition) is 0. The summed E-state index contributed by atoms with van der Waals surface area (Å²) in [6.45, 7) is 0.315. The largest absolute Gasteiger partial charge is 0.289 e. The zero-order valence-electron chi connectivity index (χ0n) is 5.93. The third-order valence-corrected chi connectivity index (χ3v) is 2.43. The first-order valence-electron chi connectivity index (χ1n) is 3.63. The minimum atomic E-state index is -0.189. The van der Waals surface area contributed by atoms with E-state index in [0.29, 0.717) is 12.5 Å². The topological polar surface area (TPSA) is 15.6 Å². The van der Waals surface area contributed by atoms with Crippen LogP contribution in [0.1, 0.15) is 12.8 Å². The first-order valence-corrected chi connectivity index (χ1v) is 4.34. The second kappa shape index (κ2) is 2.59. The molecular weight excluding hydrogens is 211 g/mol. The van der Waals surface area contributed by atoms with Crippen molar-refractivity contribution in [2.75, 3.05) is 6.54 Å². The zero-order chi connectivity index (χ0) is 7.84. The fourth-order valence-corrected chi connectivity index (χ4v) is 1.72. The van der Waals surface area contributed by atoms with Gasteiger partial charge in [0.15, 0.2) is 0 Å². The van der Waals surface area contributed by atoms with Crippen molar-refractivity contribution in [2.24, 2.45) is 10.9 Å². The summed E-state index contributed by atoms with van der Waals surface area (Å²) in [5.74, 6) is 1.36. The Bertz CT molecular complexity index is 233. The lowest BCUT2D eigenvalue weighted by atomic mass is 10.3. The molecule has 0 saturated heterocycles. The number of rotatable bonds is 1. The summed E-state index contributed by atoms with van der Waals surface area (Å²) in [7, 11) is 0. The van der Waals surface area contributed by atoms with Gasteiger partial charge in [0.25, 0.3) is 0 Å². The molecular formula is C7H8BrFN2. The lowest BCUT2D eigenvalue weighted by Gasteiger charge is -2.19. The SMILES string of the molecule is FC1=CN=C(C2CC2)N(Br)C1. The first kappa shape index (κ1) is 7.28. The van der Waals surface area contributed by atoms with Gasteiger partial charge in [-0.25, -0.2) is 9.38 Å². The van der Waals surface area contributed by atoms with Crippen LogP contribution in [-0.4, -0.2) is 16.3 Å². The number of halogens is 2. The first-order chi connectivity index (χ1) is 5.27. The predicted octanol–water partition coefficient (Wildman–Crippen LogP) is 2.23. The van der Waals surface area contributed by atoms with Gasteiger partial charge in [-0.05, 0) is 12.8 Å². The van der Waals surface area contributed by atoms with E-state index < -0.39 is 0 Å². The van der Waals surface area contributed by atoms with Gasteiger partial charge in [0, 0.05) is 5.92 Å². The lowest BCUT2D eigenvalue weighted by Crippen LogP contribution is -2.26. The van der Waals surface area contributed by atoms with Gasteiger partial charge in [0.2, 0.25) is 0 Å². The molecule has 1 saturated carbocycles. The maximum absolute atomic E-state index is 12.6. The number of amidine groups is 1. The van der Waals surface area contributed by atoms with Crippen molar-refractivity contribution in [1.82, 2.24) is 3.93 Å². The highest BCUT2D eigenvalue weighted by molar-refractivity contribution is 9.07. The Labute approximate surface area is 73.1 Å². The molecule has 0 N–H and O–H groups in total. The van der Waals surface area contributed by atoms with Crippen LogP contribution in [0.15, 0.2) is 17.0 Å². The van der Waals surface area contributed by atoms with Gasteiger partial charge in [-0.3, -0.25) is 3.93 Å². The van der Waals surface area contributed by atoms with Crippen LogP contribution >= 0.6 is 16.1 Å². The molecule has 0 unspecified atom stereocenters. The average molecular weight is 219 g/mol. The van der Waals surface area contributed by atoms with Gasteiger partial charge >= 0.3 is 0 Å². The van der Waals surface area contributed by atoms with Crippen LogP contribution in [0.2, 0.25) is 0 Å². The summed E-state index contributed by atoms with van der Waals surface area (Å²) in [5, 5.41) is 0. The molecule has 0 spiro atoms. The Morgan fingerprint density at radius 2 is 2.36 bits per heavy atom. The van der Waals surface area contributed by atoms with Gasteiger partial charge in [0.05, 0.1) is 28.9 Å². The Hall–Kier alpha value is -0.380. The summed E-state index contributed by atoms with van der Waals surface area (Å²) in [4.78, 5) is 4.01. The molecule has 0 radical (unpaired) electrons. The van der Waals surface area contributed by atoms with Crippen molar-refractivity contribution in [2.45, 2.75) is 12.8 Å². The maximum Gasteiger partial charge on any atom is 0.139 e. The fourth-order valence-electron chi connectivity index (χ4n) is 1.10. The van der Waals surface area contributed by atoms with E-state index in [1.165, 1.54) is 19.0 Å². The van der Waals surface area contributed by atoms with E-state index in [0.717, 1.165) is 5.84 Å². The number of hydrogen-bond acceptors (Lipinski definition) is 2. The van der Waals surface area contributed by atoms with E-state index in [1.54, 1.807) is 3.93 Å². The van der Waals surface area contributed by atoms with Crippen LogP contribution in [0, 0.1) is 5.92 Å². The molecule has 0 aromatic carbocycles. The van der Waals surface area contributed by atoms with Gasteiger partial charge in [0.1, 0.15) is 11.7 Å². The van der Waals surface area contributed by atoms with E-state index in [4.69, 9.17) is 0 Å². The molecule has 1 aliphatic heterocycles. The Kier molecular flexibility index (Phi) is 1.71. The third-order valence-electron chi connectivity index (χ3n) is 1.82. The highest BCUT2D eigenvalue weighted by Crippen LogP contribution is 2.34. The van der Waals surface area contributed by atoms with Gasteiger partial charge < -0.3 is 0 Å². The number of aliphatic imine (C=N–C) groups is 1. The summed E-state index contributed by atoms with van der Waals surface area (Å²) in [6, 6.07) is 0. The monoisotopic (exact) mass is 218 g/mol. The molecule has 1 aliphatic carbocycles. The molecule has 1 fully saturated rings. The van der Waals surface area contributed by atoms with E-state index in [1.807, 2.05) is 0 Å². The van der Waals surface area contributed by atoms with Gasteiger partial charge in [-0.2, -0.15) is 0 Å². The molecule has 1 heterocycles. The van der Waals surface area contributed by atoms with Crippen LogP contribution < -0.4 is 0 Å². The molecule has 2 rings (SSSR count). The lowest BCUT2D eigenvalue weighted by molar-refractivity contribution is 0.541. The van der Waals surface area contributed by atoms with Crippen LogP contribution in [0.3, 0.4) is 0 Å². The standard InChI is InChI=1S/C7H8BrFN2/c8-11-4-6(9)3-10-7(11)5-1-2-5/h3,5H,1-2,4H2. The van der Waals surface area contributed by atoms with Crippen molar-refractivity contribution in [1.29, 1.82) is 0 Å². The molecule has 0 aromatic heterocycles. The summed E-state index contributed by atoms with van der Waals surface area (Å²) < 4.78 is 14.3. The summed E-state index contributed by atoms with van der Waals surface area (Å²) in [6.07, 6.45) is 3.69. The minimum Gasteiger partial charge on any atom is -0.289 e. The zero-order valence-corrected chi connectivity index (χ0v) is 7.51. The van der Waals surface area contributed by atoms with Crippen LogP contribution in [-0.2, 0) is 0 Å². The quantitative estimate of drug-likeness (QED) is 0.617. The average Bonchev–Trinajstić information content (AvgIpc) is 2.70. The van der Waals surface area contributed by atoms with E-state index >= 15 is 0 Å². The molecule has 4 heteroatoms. The molecule has 0 aromatic rings. The molecule has 2 aliphatic rings. The highest BCUT2D eigenvalue weighted by Gasteiger charge is 2.32. The van der Waals surface area contributed by atoms with Crippen molar-refractivity contribution >= 4 is 22.0 Å². The molecule has 2 nitrogen and oxygen atoms in total. The van der Waals surface area contributed by atoms with Crippen molar-refractivity contribution in [3.05, 3.63) is 12.0 Å². The third kappa shape index (κ3) is 1.45. The maximum atomic E-state index is 12.6. The van der Waals surface area contributed by atoms with E-state index in [-0.39, 0.29) is 5.83 Å². The fraction of sp³-hybridized carbons (Fsp3) is 0.571.